The van der Waals surface area contributed by atoms with Crippen LogP contribution in [0.15, 0.2) is 78.6 Å². The van der Waals surface area contributed by atoms with Gasteiger partial charge in [-0.25, -0.2) is 0 Å². The third-order valence-electron chi connectivity index (χ3n) is 5.94. The van der Waals surface area contributed by atoms with Crippen LogP contribution in [0.4, 0.5) is 5.69 Å². The lowest BCUT2D eigenvalue weighted by Crippen LogP contribution is -2.29. The molecule has 1 aliphatic rings. The number of rotatable bonds is 5. The van der Waals surface area contributed by atoms with Crippen molar-refractivity contribution in [1.82, 2.24) is 4.98 Å². The molecule has 1 fully saturated rings. The first-order valence-electron chi connectivity index (χ1n) is 10.8. The predicted molar refractivity (Wildman–Crippen MR) is 125 cm³/mol. The summed E-state index contributed by atoms with van der Waals surface area (Å²) in [6.07, 6.45) is 4.11. The van der Waals surface area contributed by atoms with E-state index in [4.69, 9.17) is 0 Å². The van der Waals surface area contributed by atoms with Crippen LogP contribution in [0.1, 0.15) is 55.0 Å². The Bertz CT molecular complexity index is 1160. The largest absolute Gasteiger partial charge is 0.507 e. The molecule has 1 aliphatic heterocycles. The van der Waals surface area contributed by atoms with Crippen molar-refractivity contribution in [3.8, 4) is 0 Å². The van der Waals surface area contributed by atoms with Gasteiger partial charge in [0.2, 0.25) is 0 Å². The van der Waals surface area contributed by atoms with E-state index >= 15 is 0 Å². The summed E-state index contributed by atoms with van der Waals surface area (Å²) in [7, 11) is 0. The summed E-state index contributed by atoms with van der Waals surface area (Å²) in [5.41, 5.74) is 4.17. The molecule has 5 heteroatoms. The molecule has 1 amide bonds. The fourth-order valence-corrected chi connectivity index (χ4v) is 4.03. The maximum atomic E-state index is 13.2. The van der Waals surface area contributed by atoms with Crippen molar-refractivity contribution in [1.29, 1.82) is 0 Å². The molecule has 162 valence electrons. The lowest BCUT2D eigenvalue weighted by molar-refractivity contribution is -0.132. The maximum Gasteiger partial charge on any atom is 0.300 e. The highest BCUT2D eigenvalue weighted by Crippen LogP contribution is 2.42. The van der Waals surface area contributed by atoms with Gasteiger partial charge in [0.25, 0.3) is 11.7 Å². The lowest BCUT2D eigenvalue weighted by Gasteiger charge is -2.25. The zero-order valence-corrected chi connectivity index (χ0v) is 18.4. The Balaban J connectivity index is 1.87. The molecule has 1 aromatic heterocycles. The summed E-state index contributed by atoms with van der Waals surface area (Å²) in [4.78, 5) is 31.9. The minimum absolute atomic E-state index is 0.0818. The highest BCUT2D eigenvalue weighted by atomic mass is 16.3. The summed E-state index contributed by atoms with van der Waals surface area (Å²) < 4.78 is 0. The van der Waals surface area contributed by atoms with Crippen LogP contribution < -0.4 is 4.90 Å². The van der Waals surface area contributed by atoms with Crippen LogP contribution in [-0.4, -0.2) is 21.8 Å². The molecular formula is C27H26N2O3. The summed E-state index contributed by atoms with van der Waals surface area (Å²) >= 11 is 0. The highest BCUT2D eigenvalue weighted by Gasteiger charge is 2.46. The van der Waals surface area contributed by atoms with Gasteiger partial charge in [-0.05, 0) is 53.3 Å². The van der Waals surface area contributed by atoms with E-state index in [0.29, 0.717) is 22.7 Å². The van der Waals surface area contributed by atoms with Gasteiger partial charge in [-0.2, -0.15) is 0 Å². The zero-order chi connectivity index (χ0) is 22.8. The highest BCUT2D eigenvalue weighted by molar-refractivity contribution is 6.51. The lowest BCUT2D eigenvalue weighted by atomic mass is 9.95. The molecule has 0 aliphatic carbocycles. The number of ketones is 1. The molecular weight excluding hydrogens is 400 g/mol. The van der Waals surface area contributed by atoms with Gasteiger partial charge >= 0.3 is 0 Å². The Morgan fingerprint density at radius 1 is 0.969 bits per heavy atom. The molecule has 1 atom stereocenters. The summed E-state index contributed by atoms with van der Waals surface area (Å²) in [6.45, 7) is 6.25. The normalized spacial score (nSPS) is 17.9. The number of aliphatic hydroxyl groups excluding tert-OH is 1. The molecule has 0 radical (unpaired) electrons. The van der Waals surface area contributed by atoms with Crippen molar-refractivity contribution in [3.05, 3.63) is 101 Å². The van der Waals surface area contributed by atoms with Gasteiger partial charge < -0.3 is 5.11 Å². The van der Waals surface area contributed by atoms with Crippen molar-refractivity contribution < 1.29 is 14.7 Å². The van der Waals surface area contributed by atoms with E-state index in [0.717, 1.165) is 17.5 Å². The number of carbonyl (C=O) groups excluding carboxylic acids is 2. The number of Topliss-reactive ketones (excluding diaryl/α,β-unsaturated/α-hetero) is 1. The van der Waals surface area contributed by atoms with Gasteiger partial charge in [0, 0.05) is 23.6 Å². The van der Waals surface area contributed by atoms with Crippen LogP contribution in [0.3, 0.4) is 0 Å². The van der Waals surface area contributed by atoms with E-state index in [9.17, 15) is 14.7 Å². The second kappa shape index (κ2) is 8.79. The van der Waals surface area contributed by atoms with E-state index in [-0.39, 0.29) is 11.3 Å². The first kappa shape index (κ1) is 21.5. The van der Waals surface area contributed by atoms with Crippen molar-refractivity contribution in [2.45, 2.75) is 39.2 Å². The maximum absolute atomic E-state index is 13.2. The van der Waals surface area contributed by atoms with Gasteiger partial charge in [0.05, 0.1) is 11.6 Å². The Morgan fingerprint density at radius 2 is 1.59 bits per heavy atom. The van der Waals surface area contributed by atoms with Gasteiger partial charge in [-0.1, -0.05) is 57.2 Å². The first-order chi connectivity index (χ1) is 15.4. The van der Waals surface area contributed by atoms with E-state index in [1.165, 1.54) is 4.90 Å². The summed E-state index contributed by atoms with van der Waals surface area (Å²) in [5, 5.41) is 11.1. The molecule has 0 spiro atoms. The number of hydrogen-bond acceptors (Lipinski definition) is 4. The van der Waals surface area contributed by atoms with E-state index in [1.54, 1.807) is 36.7 Å². The van der Waals surface area contributed by atoms with E-state index in [1.807, 2.05) is 43.3 Å². The summed E-state index contributed by atoms with van der Waals surface area (Å²) in [5.74, 6) is -1.18. The number of aromatic nitrogens is 1. The molecule has 0 saturated carbocycles. The molecule has 1 N–H and O–H groups in total. The van der Waals surface area contributed by atoms with Gasteiger partial charge in [0.1, 0.15) is 5.76 Å². The zero-order valence-electron chi connectivity index (χ0n) is 18.4. The second-order valence-corrected chi connectivity index (χ2v) is 8.25. The van der Waals surface area contributed by atoms with Crippen LogP contribution >= 0.6 is 0 Å². The van der Waals surface area contributed by atoms with Crippen LogP contribution in [-0.2, 0) is 16.0 Å². The molecule has 32 heavy (non-hydrogen) atoms. The molecule has 3 aromatic rings. The Kier molecular flexibility index (Phi) is 5.91. The average Bonchev–Trinajstić information content (AvgIpc) is 3.09. The van der Waals surface area contributed by atoms with Crippen molar-refractivity contribution in [2.24, 2.45) is 0 Å². The number of hydrogen-bond donors (Lipinski definition) is 1. The minimum Gasteiger partial charge on any atom is -0.507 e. The Morgan fingerprint density at radius 3 is 2.16 bits per heavy atom. The molecule has 2 heterocycles. The number of pyridine rings is 1. The summed E-state index contributed by atoms with van der Waals surface area (Å²) in [6, 6.07) is 17.8. The molecule has 4 rings (SSSR count). The Hall–Kier alpha value is -3.73. The van der Waals surface area contributed by atoms with E-state index < -0.39 is 17.7 Å². The Labute approximate surface area is 188 Å². The van der Waals surface area contributed by atoms with Crippen molar-refractivity contribution in [2.75, 3.05) is 4.90 Å². The van der Waals surface area contributed by atoms with Gasteiger partial charge in [-0.3, -0.25) is 19.5 Å². The number of benzene rings is 2. The molecule has 0 bridgehead atoms. The monoisotopic (exact) mass is 426 g/mol. The van der Waals surface area contributed by atoms with Crippen LogP contribution in [0, 0.1) is 0 Å². The topological polar surface area (TPSA) is 70.5 Å². The SMILES string of the molecule is CCc1ccc(/C(O)=C2\C(=O)C(=O)N(c3ccc(C(C)C)cc3)C2c2ccncc2)cc1. The number of nitrogens with zero attached hydrogens (tertiary/aromatic N) is 2. The van der Waals surface area contributed by atoms with Gasteiger partial charge in [-0.15, -0.1) is 0 Å². The minimum atomic E-state index is -0.742. The number of aliphatic hydroxyl groups is 1. The quantitative estimate of drug-likeness (QED) is 0.337. The molecule has 5 nitrogen and oxygen atoms in total. The average molecular weight is 427 g/mol. The molecule has 1 unspecified atom stereocenters. The number of carbonyl (C=O) groups is 2. The fraction of sp³-hybridized carbons (Fsp3) is 0.222. The standard InChI is InChI=1S/C27H26N2O3/c1-4-18-5-7-21(8-6-18)25(30)23-24(20-13-15-28-16-14-20)29(27(32)26(23)31)22-11-9-19(10-12-22)17(2)3/h5-17,24,30H,4H2,1-3H3/b25-23+. The van der Waals surface area contributed by atoms with Gasteiger partial charge in [0.15, 0.2) is 0 Å². The van der Waals surface area contributed by atoms with Crippen LogP contribution in [0.5, 0.6) is 0 Å². The van der Waals surface area contributed by atoms with Crippen molar-refractivity contribution in [3.63, 3.8) is 0 Å². The third-order valence-corrected chi connectivity index (χ3v) is 5.94. The number of aryl methyl sites for hydroxylation is 1. The smallest absolute Gasteiger partial charge is 0.300 e. The van der Waals surface area contributed by atoms with Crippen LogP contribution in [0.25, 0.3) is 5.76 Å². The molecule has 2 aromatic carbocycles. The first-order valence-corrected chi connectivity index (χ1v) is 10.8. The predicted octanol–water partition coefficient (Wildman–Crippen LogP) is 5.39. The molecule has 1 saturated heterocycles. The number of amides is 1. The third kappa shape index (κ3) is 3.82. The second-order valence-electron chi connectivity index (χ2n) is 8.25. The van der Waals surface area contributed by atoms with E-state index in [2.05, 4.69) is 18.8 Å². The fourth-order valence-electron chi connectivity index (χ4n) is 4.03. The number of anilines is 1. The van der Waals surface area contributed by atoms with Crippen LogP contribution in [0.2, 0.25) is 0 Å². The van der Waals surface area contributed by atoms with Crippen molar-refractivity contribution >= 4 is 23.1 Å².